The van der Waals surface area contributed by atoms with Crippen molar-refractivity contribution in [3.8, 4) is 0 Å². The van der Waals surface area contributed by atoms with Gasteiger partial charge in [0.2, 0.25) is 11.8 Å². The summed E-state index contributed by atoms with van der Waals surface area (Å²) in [6.07, 6.45) is 3.81. The monoisotopic (exact) mass is 273 g/mol. The van der Waals surface area contributed by atoms with E-state index in [1.54, 1.807) is 7.11 Å². The summed E-state index contributed by atoms with van der Waals surface area (Å²) in [7, 11) is 1.63. The maximum atomic E-state index is 12.5. The van der Waals surface area contributed by atoms with E-state index >= 15 is 0 Å². The molecule has 0 N–H and O–H groups in total. The third kappa shape index (κ3) is 2.14. The van der Waals surface area contributed by atoms with Crippen LogP contribution in [0.1, 0.15) is 31.2 Å². The summed E-state index contributed by atoms with van der Waals surface area (Å²) in [5.41, 5.74) is 1.66. The van der Waals surface area contributed by atoms with Crippen LogP contribution >= 0.6 is 0 Å². The SMILES string of the molecule is COCc1cccc(N2C(=O)[C@@H]3CCCC[C@H]3C2=O)c1. The molecule has 2 fully saturated rings. The van der Waals surface area contributed by atoms with Gasteiger partial charge in [0.15, 0.2) is 0 Å². The number of carbonyl (C=O) groups excluding carboxylic acids is 2. The summed E-state index contributed by atoms with van der Waals surface area (Å²) >= 11 is 0. The Balaban J connectivity index is 1.91. The Morgan fingerprint density at radius 1 is 1.15 bits per heavy atom. The fraction of sp³-hybridized carbons (Fsp3) is 0.500. The van der Waals surface area contributed by atoms with Crippen LogP contribution in [0.3, 0.4) is 0 Å². The van der Waals surface area contributed by atoms with Crippen LogP contribution in [0.15, 0.2) is 24.3 Å². The van der Waals surface area contributed by atoms with Crippen LogP contribution in [-0.4, -0.2) is 18.9 Å². The van der Waals surface area contributed by atoms with Crippen molar-refractivity contribution in [2.75, 3.05) is 12.0 Å². The predicted molar refractivity (Wildman–Crippen MR) is 75.1 cm³/mol. The van der Waals surface area contributed by atoms with E-state index < -0.39 is 0 Å². The zero-order valence-corrected chi connectivity index (χ0v) is 11.7. The first-order valence-electron chi connectivity index (χ1n) is 7.18. The number of ether oxygens (including phenoxy) is 1. The molecule has 2 aliphatic rings. The van der Waals surface area contributed by atoms with Crippen molar-refractivity contribution in [3.05, 3.63) is 29.8 Å². The molecule has 4 heteroatoms. The molecule has 0 aromatic heterocycles. The molecule has 2 amide bonds. The number of hydrogen-bond donors (Lipinski definition) is 0. The topological polar surface area (TPSA) is 46.6 Å². The van der Waals surface area contributed by atoms with Gasteiger partial charge in [0, 0.05) is 7.11 Å². The molecule has 1 aliphatic heterocycles. The van der Waals surface area contributed by atoms with Crippen LogP contribution in [0.4, 0.5) is 5.69 Å². The molecule has 1 saturated heterocycles. The average Bonchev–Trinajstić information content (AvgIpc) is 2.72. The van der Waals surface area contributed by atoms with Crippen molar-refractivity contribution in [1.29, 1.82) is 0 Å². The minimum Gasteiger partial charge on any atom is -0.380 e. The number of hydrogen-bond acceptors (Lipinski definition) is 3. The summed E-state index contributed by atoms with van der Waals surface area (Å²) in [5.74, 6) is -0.229. The van der Waals surface area contributed by atoms with Gasteiger partial charge in [0.25, 0.3) is 0 Å². The van der Waals surface area contributed by atoms with E-state index in [0.29, 0.717) is 12.3 Å². The Morgan fingerprint density at radius 3 is 2.40 bits per heavy atom. The van der Waals surface area contributed by atoms with E-state index in [1.165, 1.54) is 4.90 Å². The molecular formula is C16H19NO3. The first-order chi connectivity index (χ1) is 9.72. The Bertz CT molecular complexity index is 516. The highest BCUT2D eigenvalue weighted by molar-refractivity contribution is 6.22. The number of nitrogens with zero attached hydrogens (tertiary/aromatic N) is 1. The number of anilines is 1. The minimum atomic E-state index is -0.0951. The number of fused-ring (bicyclic) bond motifs is 1. The molecule has 1 aliphatic carbocycles. The lowest BCUT2D eigenvalue weighted by Crippen LogP contribution is -2.30. The molecule has 1 aromatic carbocycles. The third-order valence-electron chi connectivity index (χ3n) is 4.32. The van der Waals surface area contributed by atoms with Crippen LogP contribution in [0.5, 0.6) is 0 Å². The average molecular weight is 273 g/mol. The molecule has 3 rings (SSSR count). The zero-order valence-electron chi connectivity index (χ0n) is 11.7. The Labute approximate surface area is 118 Å². The fourth-order valence-electron chi connectivity index (χ4n) is 3.37. The fourth-order valence-corrected chi connectivity index (χ4v) is 3.37. The molecule has 4 nitrogen and oxygen atoms in total. The summed E-state index contributed by atoms with van der Waals surface area (Å²) in [6.45, 7) is 0.483. The number of methoxy groups -OCH3 is 1. The smallest absolute Gasteiger partial charge is 0.237 e. The van der Waals surface area contributed by atoms with Gasteiger partial charge in [0.05, 0.1) is 24.1 Å². The lowest BCUT2D eigenvalue weighted by atomic mass is 9.81. The molecule has 0 bridgehead atoms. The van der Waals surface area contributed by atoms with Gasteiger partial charge in [0.1, 0.15) is 0 Å². The Morgan fingerprint density at radius 2 is 1.80 bits per heavy atom. The van der Waals surface area contributed by atoms with Gasteiger partial charge in [-0.25, -0.2) is 0 Å². The molecule has 0 unspecified atom stereocenters. The first kappa shape index (κ1) is 13.3. The number of imide groups is 1. The standard InChI is InChI=1S/C16H19NO3/c1-20-10-11-5-4-6-12(9-11)17-15(18)13-7-2-3-8-14(13)16(17)19/h4-6,9,13-14H,2-3,7-8,10H2,1H3/t13-,14-/m1/s1. The van der Waals surface area contributed by atoms with Crippen LogP contribution in [-0.2, 0) is 20.9 Å². The van der Waals surface area contributed by atoms with Crippen LogP contribution in [0.25, 0.3) is 0 Å². The van der Waals surface area contributed by atoms with E-state index in [0.717, 1.165) is 31.2 Å². The quantitative estimate of drug-likeness (QED) is 0.795. The molecule has 2 atom stereocenters. The molecule has 20 heavy (non-hydrogen) atoms. The molecule has 106 valence electrons. The van der Waals surface area contributed by atoms with E-state index in [9.17, 15) is 9.59 Å². The molecular weight excluding hydrogens is 254 g/mol. The second kappa shape index (κ2) is 5.37. The normalized spacial score (nSPS) is 25.9. The van der Waals surface area contributed by atoms with Crippen LogP contribution in [0, 0.1) is 11.8 Å². The van der Waals surface area contributed by atoms with Crippen molar-refractivity contribution < 1.29 is 14.3 Å². The summed E-state index contributed by atoms with van der Waals surface area (Å²) in [4.78, 5) is 26.4. The first-order valence-corrected chi connectivity index (χ1v) is 7.18. The summed E-state index contributed by atoms with van der Waals surface area (Å²) in [6, 6.07) is 7.50. The molecule has 0 spiro atoms. The Hall–Kier alpha value is -1.68. The maximum absolute atomic E-state index is 12.5. The van der Waals surface area contributed by atoms with Gasteiger partial charge in [-0.15, -0.1) is 0 Å². The highest BCUT2D eigenvalue weighted by atomic mass is 16.5. The minimum absolute atomic E-state index is 0.0192. The Kier molecular flexibility index (Phi) is 3.57. The number of amides is 2. The zero-order chi connectivity index (χ0) is 14.1. The van der Waals surface area contributed by atoms with Crippen molar-refractivity contribution in [2.45, 2.75) is 32.3 Å². The van der Waals surface area contributed by atoms with Crippen molar-refractivity contribution in [2.24, 2.45) is 11.8 Å². The van der Waals surface area contributed by atoms with Crippen molar-refractivity contribution >= 4 is 17.5 Å². The van der Waals surface area contributed by atoms with E-state index in [1.807, 2.05) is 24.3 Å². The van der Waals surface area contributed by atoms with Gasteiger partial charge in [-0.2, -0.15) is 0 Å². The lowest BCUT2D eigenvalue weighted by Gasteiger charge is -2.19. The van der Waals surface area contributed by atoms with E-state index in [-0.39, 0.29) is 23.7 Å². The number of carbonyl (C=O) groups is 2. The number of benzene rings is 1. The van der Waals surface area contributed by atoms with E-state index in [4.69, 9.17) is 4.74 Å². The molecule has 1 heterocycles. The lowest BCUT2D eigenvalue weighted by molar-refractivity contribution is -0.122. The summed E-state index contributed by atoms with van der Waals surface area (Å²) < 4.78 is 5.11. The second-order valence-corrected chi connectivity index (χ2v) is 5.61. The van der Waals surface area contributed by atoms with Gasteiger partial charge in [-0.1, -0.05) is 25.0 Å². The van der Waals surface area contributed by atoms with Gasteiger partial charge < -0.3 is 4.74 Å². The van der Waals surface area contributed by atoms with Crippen molar-refractivity contribution in [1.82, 2.24) is 0 Å². The van der Waals surface area contributed by atoms with Gasteiger partial charge in [-0.05, 0) is 30.5 Å². The highest BCUT2D eigenvalue weighted by Gasteiger charge is 2.48. The molecule has 1 saturated carbocycles. The van der Waals surface area contributed by atoms with E-state index in [2.05, 4.69) is 0 Å². The highest BCUT2D eigenvalue weighted by Crippen LogP contribution is 2.40. The molecule has 0 radical (unpaired) electrons. The predicted octanol–water partition coefficient (Wildman–Crippen LogP) is 2.51. The van der Waals surface area contributed by atoms with Gasteiger partial charge in [-0.3, -0.25) is 14.5 Å². The molecule has 1 aromatic rings. The number of rotatable bonds is 3. The van der Waals surface area contributed by atoms with Crippen LogP contribution in [0.2, 0.25) is 0 Å². The maximum Gasteiger partial charge on any atom is 0.237 e. The van der Waals surface area contributed by atoms with Crippen molar-refractivity contribution in [3.63, 3.8) is 0 Å². The third-order valence-corrected chi connectivity index (χ3v) is 4.32. The largest absolute Gasteiger partial charge is 0.380 e. The summed E-state index contributed by atoms with van der Waals surface area (Å²) in [5, 5.41) is 0. The van der Waals surface area contributed by atoms with Gasteiger partial charge >= 0.3 is 0 Å². The second-order valence-electron chi connectivity index (χ2n) is 5.61. The van der Waals surface area contributed by atoms with Crippen LogP contribution < -0.4 is 4.90 Å².